The number of fused-ring (bicyclic) bond motifs is 3. The fraction of sp³-hybridized carbons (Fsp3) is 0.500. The first kappa shape index (κ1) is 27.4. The minimum absolute atomic E-state index is 0.102. The largest absolute Gasteiger partial charge is 0.480 e. The second kappa shape index (κ2) is 10.1. The lowest BCUT2D eigenvalue weighted by Gasteiger charge is -2.34. The number of benzene rings is 2. The number of furan rings is 1. The molecular formula is C28H31F4N3O4. The van der Waals surface area contributed by atoms with Crippen LogP contribution in [0.1, 0.15) is 55.1 Å². The Bertz CT molecular complexity index is 1390. The third-order valence-corrected chi connectivity index (χ3v) is 7.42. The van der Waals surface area contributed by atoms with E-state index in [2.05, 4.69) is 10.2 Å². The molecule has 3 aromatic rings. The number of piperazine rings is 1. The Balaban J connectivity index is 1.41. The first-order chi connectivity index (χ1) is 18.3. The summed E-state index contributed by atoms with van der Waals surface area (Å²) >= 11 is 0. The first-order valence-corrected chi connectivity index (χ1v) is 13.0. The van der Waals surface area contributed by atoms with Crippen LogP contribution in [0.5, 0.6) is 0 Å². The number of carboxylic acid groups (broad SMARTS) is 1. The first-order valence-electron chi connectivity index (χ1n) is 13.0. The summed E-state index contributed by atoms with van der Waals surface area (Å²) in [5.41, 5.74) is -1.20. The maximum Gasteiger partial charge on any atom is 0.407 e. The summed E-state index contributed by atoms with van der Waals surface area (Å²) in [5, 5.41) is 12.6. The standard InChI is InChI=1S/C28H31F4N3O4/c1-27(2,29)15-21(26(37)38)33-24(28(30,31)32)16-3-7-19-20-13-17(4-8-22(20)39-23(19)14-16)25(36)35-11-9-34(10-12-35)18-5-6-18/h3-4,7-8,13-14,18,21,24,33H,5-6,9-12,15H2,1-2H3,(H,37,38)/t21-,24?/m0/s1. The van der Waals surface area contributed by atoms with Crippen LogP contribution in [0, 0.1) is 0 Å². The van der Waals surface area contributed by atoms with Crippen molar-refractivity contribution in [3.05, 3.63) is 47.5 Å². The number of amides is 1. The van der Waals surface area contributed by atoms with Gasteiger partial charge in [-0.3, -0.25) is 19.8 Å². The zero-order valence-corrected chi connectivity index (χ0v) is 21.7. The Morgan fingerprint density at radius 2 is 1.69 bits per heavy atom. The van der Waals surface area contributed by atoms with Gasteiger partial charge in [0.25, 0.3) is 5.91 Å². The highest BCUT2D eigenvalue weighted by Gasteiger charge is 2.44. The van der Waals surface area contributed by atoms with Gasteiger partial charge >= 0.3 is 12.1 Å². The predicted molar refractivity (Wildman–Crippen MR) is 137 cm³/mol. The van der Waals surface area contributed by atoms with Crippen LogP contribution in [0.2, 0.25) is 0 Å². The van der Waals surface area contributed by atoms with Crippen molar-refractivity contribution in [3.63, 3.8) is 0 Å². The smallest absolute Gasteiger partial charge is 0.407 e. The molecule has 1 aromatic heterocycles. The fourth-order valence-electron chi connectivity index (χ4n) is 5.30. The molecule has 7 nitrogen and oxygen atoms in total. The van der Waals surface area contributed by atoms with Crippen LogP contribution in [0.3, 0.4) is 0 Å². The molecule has 2 aliphatic rings. The van der Waals surface area contributed by atoms with E-state index in [0.29, 0.717) is 41.1 Å². The second-order valence-electron chi connectivity index (χ2n) is 11.1. The summed E-state index contributed by atoms with van der Waals surface area (Å²) in [7, 11) is 0. The SMILES string of the molecule is CC(C)(F)C[C@H](NC(c1ccc2c(c1)oc1ccc(C(=O)N3CCN(C4CC4)CC3)cc12)C(F)(F)F)C(=O)O. The van der Waals surface area contributed by atoms with Crippen molar-refractivity contribution in [1.29, 1.82) is 0 Å². The van der Waals surface area contributed by atoms with Gasteiger partial charge in [0, 0.05) is 55.0 Å². The molecule has 1 saturated heterocycles. The number of carboxylic acids is 1. The molecule has 2 heterocycles. The van der Waals surface area contributed by atoms with Gasteiger partial charge in [0.05, 0.1) is 0 Å². The molecule has 2 fully saturated rings. The van der Waals surface area contributed by atoms with E-state index in [0.717, 1.165) is 26.9 Å². The fourth-order valence-corrected chi connectivity index (χ4v) is 5.30. The van der Waals surface area contributed by atoms with Gasteiger partial charge in [-0.1, -0.05) is 12.1 Å². The third-order valence-electron chi connectivity index (χ3n) is 7.42. The summed E-state index contributed by atoms with van der Waals surface area (Å²) in [6, 6.07) is 5.43. The number of nitrogens with zero attached hydrogens (tertiary/aromatic N) is 2. The zero-order chi connectivity index (χ0) is 28.1. The highest BCUT2D eigenvalue weighted by atomic mass is 19.4. The van der Waals surface area contributed by atoms with E-state index in [9.17, 15) is 32.3 Å². The Hall–Kier alpha value is -3.18. The van der Waals surface area contributed by atoms with Crippen LogP contribution in [0.15, 0.2) is 40.8 Å². The van der Waals surface area contributed by atoms with Crippen LogP contribution < -0.4 is 5.32 Å². The Kier molecular flexibility index (Phi) is 7.09. The number of hydrogen-bond acceptors (Lipinski definition) is 5. The molecule has 2 atom stereocenters. The molecule has 1 saturated carbocycles. The lowest BCUT2D eigenvalue weighted by Crippen LogP contribution is -2.49. The molecule has 1 unspecified atom stereocenters. The van der Waals surface area contributed by atoms with Gasteiger partial charge in [0.1, 0.15) is 28.9 Å². The van der Waals surface area contributed by atoms with Crippen LogP contribution in [-0.2, 0) is 4.79 Å². The third kappa shape index (κ3) is 6.04. The number of aliphatic carboxylic acids is 1. The number of hydrogen-bond donors (Lipinski definition) is 2. The molecule has 210 valence electrons. The van der Waals surface area contributed by atoms with E-state index in [1.165, 1.54) is 31.0 Å². The van der Waals surface area contributed by atoms with Crippen molar-refractivity contribution in [1.82, 2.24) is 15.1 Å². The minimum atomic E-state index is -4.85. The highest BCUT2D eigenvalue weighted by Crippen LogP contribution is 2.38. The summed E-state index contributed by atoms with van der Waals surface area (Å²) in [5.74, 6) is -1.68. The van der Waals surface area contributed by atoms with Gasteiger partial charge in [-0.15, -0.1) is 0 Å². The molecule has 0 radical (unpaired) electrons. The number of carbonyl (C=O) groups is 2. The van der Waals surface area contributed by atoms with E-state index in [1.54, 1.807) is 18.2 Å². The quantitative estimate of drug-likeness (QED) is 0.372. The van der Waals surface area contributed by atoms with Crippen molar-refractivity contribution in [3.8, 4) is 0 Å². The Morgan fingerprint density at radius 3 is 2.28 bits per heavy atom. The molecule has 0 spiro atoms. The molecule has 1 aliphatic carbocycles. The number of halogens is 4. The Morgan fingerprint density at radius 1 is 1.00 bits per heavy atom. The molecule has 39 heavy (non-hydrogen) atoms. The molecule has 2 aromatic carbocycles. The average Bonchev–Trinajstić information content (AvgIpc) is 3.65. The maximum atomic E-state index is 14.1. The van der Waals surface area contributed by atoms with Gasteiger partial charge in [0.2, 0.25) is 0 Å². The van der Waals surface area contributed by atoms with Gasteiger partial charge in [-0.2, -0.15) is 13.2 Å². The van der Waals surface area contributed by atoms with Crippen LogP contribution in [-0.4, -0.2) is 76.9 Å². The summed E-state index contributed by atoms with van der Waals surface area (Å²) in [6.07, 6.45) is -3.06. The van der Waals surface area contributed by atoms with E-state index in [4.69, 9.17) is 4.42 Å². The highest BCUT2D eigenvalue weighted by molar-refractivity contribution is 6.08. The summed E-state index contributed by atoms with van der Waals surface area (Å²) < 4.78 is 62.0. The minimum Gasteiger partial charge on any atom is -0.480 e. The molecular weight excluding hydrogens is 518 g/mol. The predicted octanol–water partition coefficient (Wildman–Crippen LogP) is 5.29. The molecule has 5 rings (SSSR count). The lowest BCUT2D eigenvalue weighted by molar-refractivity contribution is -0.164. The van der Waals surface area contributed by atoms with Gasteiger partial charge in [0.15, 0.2) is 0 Å². The number of nitrogens with one attached hydrogen (secondary N) is 1. The number of rotatable bonds is 8. The van der Waals surface area contributed by atoms with E-state index < -0.39 is 36.3 Å². The van der Waals surface area contributed by atoms with Gasteiger partial charge in [-0.25, -0.2) is 4.39 Å². The van der Waals surface area contributed by atoms with Crippen molar-refractivity contribution in [2.75, 3.05) is 26.2 Å². The topological polar surface area (TPSA) is 86.0 Å². The normalized spacial score (nSPS) is 19.0. The molecule has 11 heteroatoms. The lowest BCUT2D eigenvalue weighted by atomic mass is 9.97. The van der Waals surface area contributed by atoms with Crippen LogP contribution in [0.25, 0.3) is 21.9 Å². The molecule has 1 amide bonds. The number of alkyl halides is 4. The maximum absolute atomic E-state index is 14.1. The zero-order valence-electron chi connectivity index (χ0n) is 21.7. The molecule has 2 N–H and O–H groups in total. The number of carbonyl (C=O) groups excluding carboxylic acids is 1. The summed E-state index contributed by atoms with van der Waals surface area (Å²) in [4.78, 5) is 29.0. The van der Waals surface area contributed by atoms with Crippen LogP contribution >= 0.6 is 0 Å². The average molecular weight is 550 g/mol. The van der Waals surface area contributed by atoms with Gasteiger partial charge in [-0.05, 0) is 56.5 Å². The van der Waals surface area contributed by atoms with E-state index in [1.807, 2.05) is 4.90 Å². The monoisotopic (exact) mass is 549 g/mol. The van der Waals surface area contributed by atoms with Crippen molar-refractivity contribution in [2.24, 2.45) is 0 Å². The van der Waals surface area contributed by atoms with E-state index >= 15 is 0 Å². The van der Waals surface area contributed by atoms with Crippen molar-refractivity contribution >= 4 is 33.8 Å². The van der Waals surface area contributed by atoms with E-state index in [-0.39, 0.29) is 17.1 Å². The van der Waals surface area contributed by atoms with Crippen molar-refractivity contribution in [2.45, 2.75) is 63.1 Å². The van der Waals surface area contributed by atoms with Gasteiger partial charge < -0.3 is 14.4 Å². The van der Waals surface area contributed by atoms with Crippen LogP contribution in [0.4, 0.5) is 17.6 Å². The second-order valence-corrected chi connectivity index (χ2v) is 11.1. The molecule has 0 bridgehead atoms. The molecule has 1 aliphatic heterocycles. The Labute approximate surface area is 222 Å². The summed E-state index contributed by atoms with van der Waals surface area (Å²) in [6.45, 7) is 5.20. The van der Waals surface area contributed by atoms with Crippen molar-refractivity contribution < 1.29 is 36.7 Å².